The SMILES string of the molecule is c1ccc(-c2ccc3c(c2)c(-c2cc4c5cccc6c5c(cc4c4ccccc24)-c2ccccc2-6)cc2c4ccc(-c5ccccc5)c5c4c(cc32)-c2ccccc2-5)cc1. The predicted octanol–water partition coefficient (Wildman–Crippen LogP) is 16.9. The first-order valence-electron chi connectivity index (χ1n) is 21.0. The Morgan fingerprint density at radius 1 is 0.167 bits per heavy atom. The summed E-state index contributed by atoms with van der Waals surface area (Å²) in [5.74, 6) is 0. The van der Waals surface area contributed by atoms with Gasteiger partial charge in [-0.2, -0.15) is 0 Å². The van der Waals surface area contributed by atoms with E-state index in [-0.39, 0.29) is 0 Å². The van der Waals surface area contributed by atoms with Gasteiger partial charge in [0.15, 0.2) is 0 Å². The van der Waals surface area contributed by atoms with Crippen molar-refractivity contribution in [3.8, 4) is 77.9 Å². The monoisotopic (exact) mass is 754 g/mol. The molecule has 0 amide bonds. The van der Waals surface area contributed by atoms with Crippen LogP contribution in [0.2, 0.25) is 0 Å². The van der Waals surface area contributed by atoms with E-state index in [1.807, 2.05) is 0 Å². The summed E-state index contributed by atoms with van der Waals surface area (Å²) in [5.41, 5.74) is 18.1. The first kappa shape index (κ1) is 32.2. The Kier molecular flexibility index (Phi) is 6.38. The van der Waals surface area contributed by atoms with Crippen LogP contribution in [0, 0.1) is 0 Å². The number of hydrogen-bond donors (Lipinski definition) is 0. The topological polar surface area (TPSA) is 0 Å². The molecule has 0 saturated heterocycles. The first-order chi connectivity index (χ1) is 29.8. The van der Waals surface area contributed by atoms with Gasteiger partial charge in [0, 0.05) is 0 Å². The van der Waals surface area contributed by atoms with Crippen molar-refractivity contribution in [2.75, 3.05) is 0 Å². The van der Waals surface area contributed by atoms with Gasteiger partial charge in [0.1, 0.15) is 0 Å². The van der Waals surface area contributed by atoms with Crippen molar-refractivity contribution in [3.05, 3.63) is 206 Å². The van der Waals surface area contributed by atoms with Crippen LogP contribution < -0.4 is 0 Å². The van der Waals surface area contributed by atoms with Gasteiger partial charge >= 0.3 is 0 Å². The van der Waals surface area contributed by atoms with Gasteiger partial charge in [0.25, 0.3) is 0 Å². The number of fused-ring (bicyclic) bond motifs is 14. The van der Waals surface area contributed by atoms with E-state index in [0.717, 1.165) is 0 Å². The van der Waals surface area contributed by atoms with Gasteiger partial charge in [-0.05, 0) is 173 Å². The second kappa shape index (κ2) is 11.9. The van der Waals surface area contributed by atoms with Gasteiger partial charge in [0.2, 0.25) is 0 Å². The molecule has 12 aromatic rings. The molecule has 14 rings (SSSR count). The Morgan fingerprint density at radius 2 is 0.633 bits per heavy atom. The van der Waals surface area contributed by atoms with Crippen molar-refractivity contribution >= 4 is 64.6 Å². The van der Waals surface area contributed by atoms with Gasteiger partial charge in [-0.15, -0.1) is 0 Å². The third-order valence-corrected chi connectivity index (χ3v) is 13.7. The molecule has 0 nitrogen and oxygen atoms in total. The Balaban J connectivity index is 1.14. The zero-order valence-electron chi connectivity index (χ0n) is 32.6. The smallest absolute Gasteiger partial charge is 0.00137 e. The van der Waals surface area contributed by atoms with Gasteiger partial charge < -0.3 is 0 Å². The molecule has 0 fully saturated rings. The maximum absolute atomic E-state index is 2.53. The van der Waals surface area contributed by atoms with Crippen molar-refractivity contribution in [3.63, 3.8) is 0 Å². The zero-order valence-corrected chi connectivity index (χ0v) is 32.6. The van der Waals surface area contributed by atoms with E-state index in [9.17, 15) is 0 Å². The van der Waals surface area contributed by atoms with Gasteiger partial charge in [-0.25, -0.2) is 0 Å². The highest BCUT2D eigenvalue weighted by Crippen LogP contribution is 2.55. The minimum atomic E-state index is 1.22. The third kappa shape index (κ3) is 4.24. The summed E-state index contributed by atoms with van der Waals surface area (Å²) in [7, 11) is 0. The van der Waals surface area contributed by atoms with E-state index in [1.165, 1.54) is 143 Å². The molecule has 0 unspecified atom stereocenters. The molecule has 2 aliphatic carbocycles. The second-order valence-electron chi connectivity index (χ2n) is 16.7. The summed E-state index contributed by atoms with van der Waals surface area (Å²) in [6.07, 6.45) is 0. The Bertz CT molecular complexity index is 3850. The number of benzene rings is 12. The Labute approximate surface area is 347 Å². The summed E-state index contributed by atoms with van der Waals surface area (Å²) >= 11 is 0. The van der Waals surface area contributed by atoms with Crippen molar-refractivity contribution in [1.29, 1.82) is 0 Å². The fourth-order valence-electron chi connectivity index (χ4n) is 11.1. The molecular formula is C60H34. The van der Waals surface area contributed by atoms with Crippen LogP contribution >= 0.6 is 0 Å². The molecule has 0 aromatic heterocycles. The molecule has 0 spiro atoms. The van der Waals surface area contributed by atoms with E-state index in [0.29, 0.717) is 0 Å². The normalized spacial score (nSPS) is 12.3. The molecule has 0 heterocycles. The van der Waals surface area contributed by atoms with Crippen LogP contribution in [0.3, 0.4) is 0 Å². The summed E-state index contributed by atoms with van der Waals surface area (Å²) in [4.78, 5) is 0. The Morgan fingerprint density at radius 3 is 1.37 bits per heavy atom. The average molecular weight is 755 g/mol. The van der Waals surface area contributed by atoms with E-state index >= 15 is 0 Å². The van der Waals surface area contributed by atoms with Gasteiger partial charge in [-0.1, -0.05) is 176 Å². The highest BCUT2D eigenvalue weighted by atomic mass is 14.3. The molecule has 0 heteroatoms. The summed E-state index contributed by atoms with van der Waals surface area (Å²) in [5, 5.41) is 15.6. The van der Waals surface area contributed by atoms with Crippen LogP contribution in [0.5, 0.6) is 0 Å². The molecule has 0 N–H and O–H groups in total. The van der Waals surface area contributed by atoms with Crippen LogP contribution in [0.25, 0.3) is 143 Å². The van der Waals surface area contributed by atoms with E-state index < -0.39 is 0 Å². The number of rotatable bonds is 3. The van der Waals surface area contributed by atoms with E-state index in [2.05, 4.69) is 206 Å². The lowest BCUT2D eigenvalue weighted by molar-refractivity contribution is 1.64. The quantitative estimate of drug-likeness (QED) is 0.158. The highest BCUT2D eigenvalue weighted by Gasteiger charge is 2.28. The van der Waals surface area contributed by atoms with E-state index in [1.54, 1.807) is 0 Å². The predicted molar refractivity (Wildman–Crippen MR) is 257 cm³/mol. The minimum Gasteiger partial charge on any atom is -0.0622 e. The summed E-state index contributed by atoms with van der Waals surface area (Å²) in [6, 6.07) is 77.6. The third-order valence-electron chi connectivity index (χ3n) is 13.7. The van der Waals surface area contributed by atoms with Crippen molar-refractivity contribution in [1.82, 2.24) is 0 Å². The average Bonchev–Trinajstić information content (AvgIpc) is 3.83. The fourth-order valence-corrected chi connectivity index (χ4v) is 11.1. The fraction of sp³-hybridized carbons (Fsp3) is 0. The summed E-state index contributed by atoms with van der Waals surface area (Å²) < 4.78 is 0. The minimum absolute atomic E-state index is 1.22. The van der Waals surface area contributed by atoms with Crippen LogP contribution in [0.15, 0.2) is 206 Å². The van der Waals surface area contributed by atoms with Crippen LogP contribution in [0.4, 0.5) is 0 Å². The largest absolute Gasteiger partial charge is 0.0622 e. The molecule has 12 aromatic carbocycles. The zero-order chi connectivity index (χ0) is 39.1. The van der Waals surface area contributed by atoms with Crippen LogP contribution in [-0.4, -0.2) is 0 Å². The molecule has 0 atom stereocenters. The first-order valence-corrected chi connectivity index (χ1v) is 21.0. The maximum Gasteiger partial charge on any atom is -0.00137 e. The van der Waals surface area contributed by atoms with Crippen molar-refractivity contribution in [2.45, 2.75) is 0 Å². The lowest BCUT2D eigenvalue weighted by Crippen LogP contribution is -1.92. The summed E-state index contributed by atoms with van der Waals surface area (Å²) in [6.45, 7) is 0. The van der Waals surface area contributed by atoms with Crippen molar-refractivity contribution < 1.29 is 0 Å². The Hall–Kier alpha value is -7.80. The molecular weight excluding hydrogens is 721 g/mol. The maximum atomic E-state index is 2.53. The molecule has 274 valence electrons. The molecule has 2 aliphatic rings. The van der Waals surface area contributed by atoms with Gasteiger partial charge in [0.05, 0.1) is 0 Å². The molecule has 0 bridgehead atoms. The highest BCUT2D eigenvalue weighted by molar-refractivity contribution is 6.33. The van der Waals surface area contributed by atoms with Crippen LogP contribution in [-0.2, 0) is 0 Å². The van der Waals surface area contributed by atoms with Gasteiger partial charge in [-0.3, -0.25) is 0 Å². The van der Waals surface area contributed by atoms with Crippen LogP contribution in [0.1, 0.15) is 0 Å². The molecule has 0 radical (unpaired) electrons. The van der Waals surface area contributed by atoms with E-state index in [4.69, 9.17) is 0 Å². The molecule has 0 aliphatic heterocycles. The standard InChI is InChI=1S/C60H34/c1-3-14-35(15-4-1)37-26-27-44-49(30-37)55(32-54-48-29-28-38(36-16-5-2-6-17-36)59-46-23-12-11-22-43(46)57(60(48)59)34-52(44)54)50-31-53-47-25-13-24-45-39-18-7-10-21-42(39)56(58(45)47)33-51(53)41-20-9-8-19-40(41)50/h1-34H. The molecule has 0 saturated carbocycles. The second-order valence-corrected chi connectivity index (χ2v) is 16.7. The lowest BCUT2D eigenvalue weighted by atomic mass is 9.84. The molecule has 60 heavy (non-hydrogen) atoms. The lowest BCUT2D eigenvalue weighted by Gasteiger charge is -2.19. The van der Waals surface area contributed by atoms with Crippen molar-refractivity contribution in [2.24, 2.45) is 0 Å². The number of hydrogen-bond acceptors (Lipinski definition) is 0.